The summed E-state index contributed by atoms with van der Waals surface area (Å²) >= 11 is 5.90. The van der Waals surface area contributed by atoms with E-state index in [1.165, 1.54) is 11.8 Å². The van der Waals surface area contributed by atoms with Crippen LogP contribution < -0.4 is 14.8 Å². The fraction of sp³-hybridized carbons (Fsp3) is 0.300. The molecular weight excluding hydrogens is 368 g/mol. The van der Waals surface area contributed by atoms with Crippen LogP contribution in [0.3, 0.4) is 0 Å². The van der Waals surface area contributed by atoms with Crippen LogP contribution in [0.4, 0.5) is 0 Å². The number of amides is 2. The van der Waals surface area contributed by atoms with Gasteiger partial charge in [0.05, 0.1) is 0 Å². The first-order valence-electron chi connectivity index (χ1n) is 8.62. The summed E-state index contributed by atoms with van der Waals surface area (Å²) in [5.41, 5.74) is 1.80. The molecule has 27 heavy (non-hydrogen) atoms. The summed E-state index contributed by atoms with van der Waals surface area (Å²) in [6.07, 6.45) is 0. The van der Waals surface area contributed by atoms with Crippen LogP contribution in [0, 0.1) is 0 Å². The third-order valence-electron chi connectivity index (χ3n) is 4.42. The summed E-state index contributed by atoms with van der Waals surface area (Å²) in [6.45, 7) is 4.06. The van der Waals surface area contributed by atoms with E-state index in [4.69, 9.17) is 21.1 Å². The highest BCUT2D eigenvalue weighted by Crippen LogP contribution is 2.32. The van der Waals surface area contributed by atoms with Crippen LogP contribution in [0.25, 0.3) is 0 Å². The lowest BCUT2D eigenvalue weighted by molar-refractivity contribution is -0.139. The van der Waals surface area contributed by atoms with Crippen molar-refractivity contribution in [1.82, 2.24) is 10.2 Å². The maximum atomic E-state index is 12.6. The number of nitrogens with one attached hydrogen (secondary N) is 1. The molecule has 0 saturated heterocycles. The molecule has 1 N–H and O–H groups in total. The lowest BCUT2D eigenvalue weighted by Crippen LogP contribution is -2.46. The Morgan fingerprint density at radius 3 is 2.48 bits per heavy atom. The fourth-order valence-corrected chi connectivity index (χ4v) is 2.96. The van der Waals surface area contributed by atoms with Gasteiger partial charge in [0.1, 0.15) is 6.04 Å². The highest BCUT2D eigenvalue weighted by molar-refractivity contribution is 6.30. The number of benzene rings is 2. The Balaban J connectivity index is 1.61. The van der Waals surface area contributed by atoms with Gasteiger partial charge in [0.25, 0.3) is 0 Å². The number of halogens is 1. The zero-order valence-corrected chi connectivity index (χ0v) is 16.0. The second kappa shape index (κ2) is 8.31. The lowest BCUT2D eigenvalue weighted by atomic mass is 10.1. The number of nitrogens with zero attached hydrogens (tertiary/aromatic N) is 1. The topological polar surface area (TPSA) is 67.9 Å². The fourth-order valence-electron chi connectivity index (χ4n) is 2.84. The monoisotopic (exact) mass is 388 g/mol. The minimum absolute atomic E-state index is 0.171. The summed E-state index contributed by atoms with van der Waals surface area (Å²) < 4.78 is 10.6. The molecule has 3 rings (SSSR count). The van der Waals surface area contributed by atoms with E-state index in [0.717, 1.165) is 11.1 Å². The molecule has 2 aromatic rings. The maximum Gasteiger partial charge on any atom is 0.242 e. The molecule has 0 aromatic heterocycles. The van der Waals surface area contributed by atoms with E-state index in [0.29, 0.717) is 29.6 Å². The molecule has 2 aromatic carbocycles. The molecule has 1 heterocycles. The van der Waals surface area contributed by atoms with Crippen molar-refractivity contribution in [3.05, 3.63) is 58.6 Å². The molecule has 1 aliphatic heterocycles. The Morgan fingerprint density at radius 2 is 1.78 bits per heavy atom. The van der Waals surface area contributed by atoms with Gasteiger partial charge in [-0.25, -0.2) is 0 Å². The molecule has 0 bridgehead atoms. The predicted molar refractivity (Wildman–Crippen MR) is 102 cm³/mol. The number of carbonyl (C=O) groups is 2. The first-order chi connectivity index (χ1) is 12.9. The van der Waals surface area contributed by atoms with Gasteiger partial charge in [0.2, 0.25) is 18.6 Å². The van der Waals surface area contributed by atoms with Gasteiger partial charge in [-0.3, -0.25) is 9.59 Å². The standard InChI is InChI=1S/C20H21ClN2O4/c1-13(23(14(2)24)11-15-3-6-17(21)7-4-15)20(25)22-10-16-5-8-18-19(9-16)27-12-26-18/h3-9,13H,10-12H2,1-2H3,(H,22,25)/t13-/m0/s1. The molecule has 0 spiro atoms. The van der Waals surface area contributed by atoms with Crippen LogP contribution in [0.15, 0.2) is 42.5 Å². The number of ether oxygens (including phenoxy) is 2. The van der Waals surface area contributed by atoms with Crippen molar-refractivity contribution in [3.63, 3.8) is 0 Å². The molecule has 7 heteroatoms. The van der Waals surface area contributed by atoms with Gasteiger partial charge in [-0.05, 0) is 42.3 Å². The van der Waals surface area contributed by atoms with E-state index in [1.54, 1.807) is 19.1 Å². The van der Waals surface area contributed by atoms with E-state index in [9.17, 15) is 9.59 Å². The van der Waals surface area contributed by atoms with Crippen molar-refractivity contribution in [2.24, 2.45) is 0 Å². The summed E-state index contributed by atoms with van der Waals surface area (Å²) in [5.74, 6) is 0.972. The van der Waals surface area contributed by atoms with E-state index in [-0.39, 0.29) is 18.6 Å². The van der Waals surface area contributed by atoms with Crippen molar-refractivity contribution >= 4 is 23.4 Å². The third-order valence-corrected chi connectivity index (χ3v) is 4.67. The first kappa shape index (κ1) is 19.0. The van der Waals surface area contributed by atoms with Gasteiger partial charge in [-0.1, -0.05) is 29.8 Å². The van der Waals surface area contributed by atoms with Gasteiger partial charge in [-0.15, -0.1) is 0 Å². The smallest absolute Gasteiger partial charge is 0.242 e. The lowest BCUT2D eigenvalue weighted by Gasteiger charge is -2.27. The normalized spacial score (nSPS) is 13.1. The molecule has 1 aliphatic rings. The van der Waals surface area contributed by atoms with Crippen LogP contribution in [0.1, 0.15) is 25.0 Å². The van der Waals surface area contributed by atoms with E-state index >= 15 is 0 Å². The van der Waals surface area contributed by atoms with Crippen LogP contribution in [0.2, 0.25) is 5.02 Å². The Morgan fingerprint density at radius 1 is 1.11 bits per heavy atom. The number of rotatable bonds is 6. The van der Waals surface area contributed by atoms with Crippen LogP contribution in [-0.4, -0.2) is 29.5 Å². The molecule has 6 nitrogen and oxygen atoms in total. The summed E-state index contributed by atoms with van der Waals surface area (Å²) in [4.78, 5) is 26.1. The molecule has 0 aliphatic carbocycles. The highest BCUT2D eigenvalue weighted by atomic mass is 35.5. The number of carbonyl (C=O) groups excluding carboxylic acids is 2. The van der Waals surface area contributed by atoms with E-state index in [1.807, 2.05) is 30.3 Å². The number of hydrogen-bond donors (Lipinski definition) is 1. The van der Waals surface area contributed by atoms with Gasteiger partial charge in [0.15, 0.2) is 11.5 Å². The Bertz CT molecular complexity index is 838. The van der Waals surface area contributed by atoms with Crippen molar-refractivity contribution in [2.45, 2.75) is 33.0 Å². The largest absolute Gasteiger partial charge is 0.454 e. The summed E-state index contributed by atoms with van der Waals surface area (Å²) in [5, 5.41) is 3.50. The molecule has 142 valence electrons. The minimum atomic E-state index is -0.604. The summed E-state index contributed by atoms with van der Waals surface area (Å²) in [6, 6.07) is 12.1. The SMILES string of the molecule is CC(=O)N(Cc1ccc(Cl)cc1)[C@@H](C)C(=O)NCc1ccc2c(c1)OCO2. The second-order valence-corrected chi connectivity index (χ2v) is 6.79. The molecular formula is C20H21ClN2O4. The molecule has 0 saturated carbocycles. The van der Waals surface area contributed by atoms with Crippen molar-refractivity contribution in [1.29, 1.82) is 0 Å². The zero-order chi connectivity index (χ0) is 19.4. The maximum absolute atomic E-state index is 12.6. The van der Waals surface area contributed by atoms with Crippen molar-refractivity contribution in [2.75, 3.05) is 6.79 Å². The molecule has 0 fully saturated rings. The minimum Gasteiger partial charge on any atom is -0.454 e. The van der Waals surface area contributed by atoms with Gasteiger partial charge in [-0.2, -0.15) is 0 Å². The van der Waals surface area contributed by atoms with Crippen molar-refractivity contribution in [3.8, 4) is 11.5 Å². The van der Waals surface area contributed by atoms with Crippen LogP contribution in [0.5, 0.6) is 11.5 Å². The van der Waals surface area contributed by atoms with Crippen LogP contribution >= 0.6 is 11.6 Å². The Hall–Kier alpha value is -2.73. The van der Waals surface area contributed by atoms with Gasteiger partial charge in [0, 0.05) is 25.0 Å². The Kier molecular flexibility index (Phi) is 5.86. The molecule has 0 radical (unpaired) electrons. The predicted octanol–water partition coefficient (Wildman–Crippen LogP) is 3.12. The van der Waals surface area contributed by atoms with E-state index < -0.39 is 6.04 Å². The van der Waals surface area contributed by atoms with Crippen molar-refractivity contribution < 1.29 is 19.1 Å². The highest BCUT2D eigenvalue weighted by Gasteiger charge is 2.24. The number of fused-ring (bicyclic) bond motifs is 1. The molecule has 0 unspecified atom stereocenters. The molecule has 2 amide bonds. The first-order valence-corrected chi connectivity index (χ1v) is 8.99. The quantitative estimate of drug-likeness (QED) is 0.825. The average Bonchev–Trinajstić information content (AvgIpc) is 3.12. The van der Waals surface area contributed by atoms with Crippen LogP contribution in [-0.2, 0) is 22.7 Å². The Labute approximate surface area is 163 Å². The van der Waals surface area contributed by atoms with Gasteiger partial charge >= 0.3 is 0 Å². The van der Waals surface area contributed by atoms with Gasteiger partial charge < -0.3 is 19.7 Å². The zero-order valence-electron chi connectivity index (χ0n) is 15.2. The molecule has 1 atom stereocenters. The third kappa shape index (κ3) is 4.71. The average molecular weight is 389 g/mol. The van der Waals surface area contributed by atoms with E-state index in [2.05, 4.69) is 5.32 Å². The number of hydrogen-bond acceptors (Lipinski definition) is 4. The summed E-state index contributed by atoms with van der Waals surface area (Å²) in [7, 11) is 0. The second-order valence-electron chi connectivity index (χ2n) is 6.35.